The van der Waals surface area contributed by atoms with Gasteiger partial charge in [-0.3, -0.25) is 4.79 Å². The Labute approximate surface area is 93.3 Å². The normalized spacial score (nSPS) is 13.1. The van der Waals surface area contributed by atoms with Crippen LogP contribution in [0.15, 0.2) is 0 Å². The maximum atomic E-state index is 10.2. The molecule has 2 N–H and O–H groups in total. The quantitative estimate of drug-likeness (QED) is 0.581. The molecule has 0 bridgehead atoms. The SMILES string of the molecule is CC(C)CC(C)NCCCCCC(=O)O. The molecule has 0 amide bonds. The predicted molar refractivity (Wildman–Crippen MR) is 63.0 cm³/mol. The molecule has 0 aromatic heterocycles. The van der Waals surface area contributed by atoms with Gasteiger partial charge < -0.3 is 10.4 Å². The first kappa shape index (κ1) is 14.4. The molecule has 0 aromatic carbocycles. The molecule has 90 valence electrons. The fraction of sp³-hybridized carbons (Fsp3) is 0.917. The third kappa shape index (κ3) is 11.4. The van der Waals surface area contributed by atoms with Crippen LogP contribution in [0.2, 0.25) is 0 Å². The van der Waals surface area contributed by atoms with Crippen molar-refractivity contribution >= 4 is 5.97 Å². The molecule has 0 radical (unpaired) electrons. The minimum Gasteiger partial charge on any atom is -0.481 e. The minimum atomic E-state index is -0.684. The molecule has 0 aliphatic heterocycles. The van der Waals surface area contributed by atoms with Crippen LogP contribution in [0, 0.1) is 5.92 Å². The van der Waals surface area contributed by atoms with Gasteiger partial charge in [-0.15, -0.1) is 0 Å². The number of hydrogen-bond donors (Lipinski definition) is 2. The van der Waals surface area contributed by atoms with Crippen molar-refractivity contribution in [1.29, 1.82) is 0 Å². The van der Waals surface area contributed by atoms with Crippen molar-refractivity contribution in [3.05, 3.63) is 0 Å². The second-order valence-electron chi connectivity index (χ2n) is 4.69. The van der Waals surface area contributed by atoms with E-state index >= 15 is 0 Å². The van der Waals surface area contributed by atoms with Crippen molar-refractivity contribution in [1.82, 2.24) is 5.32 Å². The van der Waals surface area contributed by atoms with Crippen molar-refractivity contribution in [3.8, 4) is 0 Å². The van der Waals surface area contributed by atoms with E-state index in [1.807, 2.05) is 0 Å². The summed E-state index contributed by atoms with van der Waals surface area (Å²) in [6, 6.07) is 0.574. The average molecular weight is 215 g/mol. The topological polar surface area (TPSA) is 49.3 Å². The van der Waals surface area contributed by atoms with Crippen LogP contribution in [-0.2, 0) is 4.79 Å². The molecule has 15 heavy (non-hydrogen) atoms. The molecule has 1 atom stereocenters. The number of aliphatic carboxylic acids is 1. The zero-order valence-electron chi connectivity index (χ0n) is 10.3. The van der Waals surface area contributed by atoms with E-state index in [1.54, 1.807) is 0 Å². The van der Waals surface area contributed by atoms with Gasteiger partial charge in [-0.05, 0) is 38.6 Å². The summed E-state index contributed by atoms with van der Waals surface area (Å²) in [6.07, 6.45) is 4.40. The van der Waals surface area contributed by atoms with E-state index in [9.17, 15) is 4.79 Å². The van der Waals surface area contributed by atoms with Crippen molar-refractivity contribution in [2.45, 2.75) is 58.9 Å². The summed E-state index contributed by atoms with van der Waals surface area (Å²) < 4.78 is 0. The Bertz CT molecular complexity index is 169. The van der Waals surface area contributed by atoms with E-state index in [2.05, 4.69) is 26.1 Å². The van der Waals surface area contributed by atoms with Gasteiger partial charge in [0.15, 0.2) is 0 Å². The molecule has 1 unspecified atom stereocenters. The molecule has 0 aliphatic rings. The lowest BCUT2D eigenvalue weighted by Gasteiger charge is -2.15. The molecule has 0 aromatic rings. The third-order valence-corrected chi connectivity index (χ3v) is 2.39. The summed E-state index contributed by atoms with van der Waals surface area (Å²) in [7, 11) is 0. The lowest BCUT2D eigenvalue weighted by molar-refractivity contribution is -0.137. The maximum absolute atomic E-state index is 10.2. The average Bonchev–Trinajstić information content (AvgIpc) is 2.09. The van der Waals surface area contributed by atoms with E-state index in [-0.39, 0.29) is 0 Å². The Morgan fingerprint density at radius 3 is 2.40 bits per heavy atom. The van der Waals surface area contributed by atoms with Crippen molar-refractivity contribution in [2.24, 2.45) is 5.92 Å². The van der Waals surface area contributed by atoms with E-state index < -0.39 is 5.97 Å². The number of nitrogens with one attached hydrogen (secondary N) is 1. The van der Waals surface area contributed by atoms with Gasteiger partial charge in [0.05, 0.1) is 0 Å². The summed E-state index contributed by atoms with van der Waals surface area (Å²) in [5.74, 6) is 0.0515. The summed E-state index contributed by atoms with van der Waals surface area (Å²) in [6.45, 7) is 7.67. The van der Waals surface area contributed by atoms with Gasteiger partial charge in [0.2, 0.25) is 0 Å². The van der Waals surface area contributed by atoms with Crippen LogP contribution >= 0.6 is 0 Å². The zero-order chi connectivity index (χ0) is 11.7. The molecule has 0 heterocycles. The lowest BCUT2D eigenvalue weighted by atomic mass is 10.1. The highest BCUT2D eigenvalue weighted by atomic mass is 16.4. The van der Waals surface area contributed by atoms with Gasteiger partial charge in [-0.2, -0.15) is 0 Å². The molecule has 0 fully saturated rings. The number of carboxylic acids is 1. The molecule has 0 rings (SSSR count). The molecule has 0 saturated carbocycles. The van der Waals surface area contributed by atoms with Crippen molar-refractivity contribution in [3.63, 3.8) is 0 Å². The standard InChI is InChI=1S/C12H25NO2/c1-10(2)9-11(3)13-8-6-4-5-7-12(14)15/h10-11,13H,4-9H2,1-3H3,(H,14,15). The lowest BCUT2D eigenvalue weighted by Crippen LogP contribution is -2.28. The van der Waals surface area contributed by atoms with Gasteiger partial charge >= 0.3 is 5.97 Å². The summed E-state index contributed by atoms with van der Waals surface area (Å²) in [4.78, 5) is 10.2. The van der Waals surface area contributed by atoms with Crippen LogP contribution in [-0.4, -0.2) is 23.7 Å². The van der Waals surface area contributed by atoms with Gasteiger partial charge in [-0.1, -0.05) is 20.3 Å². The molecule has 3 nitrogen and oxygen atoms in total. The molecule has 0 aliphatic carbocycles. The predicted octanol–water partition coefficient (Wildman–Crippen LogP) is 2.66. The van der Waals surface area contributed by atoms with Crippen LogP contribution in [0.3, 0.4) is 0 Å². The van der Waals surface area contributed by atoms with E-state index in [1.165, 1.54) is 6.42 Å². The van der Waals surface area contributed by atoms with Crippen LogP contribution < -0.4 is 5.32 Å². The van der Waals surface area contributed by atoms with E-state index in [0.29, 0.717) is 12.5 Å². The molecular weight excluding hydrogens is 190 g/mol. The Hall–Kier alpha value is -0.570. The Morgan fingerprint density at radius 2 is 1.87 bits per heavy atom. The fourth-order valence-corrected chi connectivity index (χ4v) is 1.72. The Morgan fingerprint density at radius 1 is 1.20 bits per heavy atom. The monoisotopic (exact) mass is 215 g/mol. The smallest absolute Gasteiger partial charge is 0.303 e. The number of hydrogen-bond acceptors (Lipinski definition) is 2. The second-order valence-corrected chi connectivity index (χ2v) is 4.69. The van der Waals surface area contributed by atoms with Crippen molar-refractivity contribution in [2.75, 3.05) is 6.54 Å². The third-order valence-electron chi connectivity index (χ3n) is 2.39. The zero-order valence-corrected chi connectivity index (χ0v) is 10.3. The van der Waals surface area contributed by atoms with Gasteiger partial charge in [-0.25, -0.2) is 0 Å². The maximum Gasteiger partial charge on any atom is 0.303 e. The van der Waals surface area contributed by atoms with Gasteiger partial charge in [0.25, 0.3) is 0 Å². The summed E-state index contributed by atoms with van der Waals surface area (Å²) >= 11 is 0. The minimum absolute atomic E-state index is 0.307. The first-order chi connectivity index (χ1) is 7.02. The number of unbranched alkanes of at least 4 members (excludes halogenated alkanes) is 2. The summed E-state index contributed by atoms with van der Waals surface area (Å²) in [5.41, 5.74) is 0. The molecule has 3 heteroatoms. The van der Waals surface area contributed by atoms with E-state index in [4.69, 9.17) is 5.11 Å². The van der Waals surface area contributed by atoms with E-state index in [0.717, 1.165) is 31.7 Å². The van der Waals surface area contributed by atoms with Crippen LogP contribution in [0.25, 0.3) is 0 Å². The number of carbonyl (C=O) groups is 1. The molecule has 0 spiro atoms. The highest BCUT2D eigenvalue weighted by Crippen LogP contribution is 2.04. The number of rotatable bonds is 9. The Kier molecular flexibility index (Phi) is 8.38. The number of carboxylic acid groups (broad SMARTS) is 1. The van der Waals surface area contributed by atoms with Crippen LogP contribution in [0.5, 0.6) is 0 Å². The first-order valence-corrected chi connectivity index (χ1v) is 5.97. The first-order valence-electron chi connectivity index (χ1n) is 5.97. The molecular formula is C12H25NO2. The van der Waals surface area contributed by atoms with Crippen LogP contribution in [0.1, 0.15) is 52.9 Å². The fourth-order valence-electron chi connectivity index (χ4n) is 1.72. The highest BCUT2D eigenvalue weighted by Gasteiger charge is 2.03. The van der Waals surface area contributed by atoms with Crippen molar-refractivity contribution < 1.29 is 9.90 Å². The Balaban J connectivity index is 3.20. The summed E-state index contributed by atoms with van der Waals surface area (Å²) in [5, 5.41) is 11.9. The second kappa shape index (κ2) is 8.72. The highest BCUT2D eigenvalue weighted by molar-refractivity contribution is 5.66. The largest absolute Gasteiger partial charge is 0.481 e. The van der Waals surface area contributed by atoms with Gasteiger partial charge in [0.1, 0.15) is 0 Å². The molecule has 0 saturated heterocycles. The van der Waals surface area contributed by atoms with Gasteiger partial charge in [0, 0.05) is 12.5 Å². The van der Waals surface area contributed by atoms with Crippen LogP contribution in [0.4, 0.5) is 0 Å².